The fourth-order valence-electron chi connectivity index (χ4n) is 0.871. The molecule has 0 N–H and O–H groups in total. The van der Waals surface area contributed by atoms with Gasteiger partial charge in [-0.25, -0.2) is 4.79 Å². The minimum absolute atomic E-state index is 0.394. The van der Waals surface area contributed by atoms with E-state index >= 15 is 0 Å². The Kier molecular flexibility index (Phi) is 7.32. The van der Waals surface area contributed by atoms with Crippen LogP contribution in [0.15, 0.2) is 36.9 Å². The Bertz CT molecular complexity index is 311. The Morgan fingerprint density at radius 1 is 1.12 bits per heavy atom. The quantitative estimate of drug-likeness (QED) is 0.582. The molecule has 0 fully saturated rings. The Hall–Kier alpha value is -1.97. The second-order valence-corrected chi connectivity index (χ2v) is 2.58. The zero-order chi connectivity index (χ0) is 12.4. The van der Waals surface area contributed by atoms with Crippen LogP contribution in [0.4, 0.5) is 0 Å². The highest BCUT2D eigenvalue weighted by molar-refractivity contribution is 5.80. The Balaban J connectivity index is 0.000000325. The predicted octanol–water partition coefficient (Wildman–Crippen LogP) is 2.05. The molecule has 0 aliphatic carbocycles. The molecule has 0 unspecified atom stereocenters. The Labute approximate surface area is 95.4 Å². The molecule has 0 aliphatic heterocycles. The van der Waals surface area contributed by atoms with Gasteiger partial charge in [0.25, 0.3) is 0 Å². The van der Waals surface area contributed by atoms with E-state index in [1.807, 2.05) is 24.3 Å². The van der Waals surface area contributed by atoms with Crippen LogP contribution in [0, 0.1) is 0 Å². The number of hydrogen-bond acceptors (Lipinski definition) is 4. The van der Waals surface area contributed by atoms with Crippen LogP contribution >= 0.6 is 0 Å². The average molecular weight is 224 g/mol. The summed E-state index contributed by atoms with van der Waals surface area (Å²) in [4.78, 5) is 9.84. The lowest BCUT2D eigenvalue weighted by Crippen LogP contribution is -1.91. The lowest BCUT2D eigenvalue weighted by atomic mass is 10.3. The van der Waals surface area contributed by atoms with Crippen LogP contribution in [0.3, 0.4) is 0 Å². The normalized spacial score (nSPS) is 8.19. The van der Waals surface area contributed by atoms with Gasteiger partial charge in [0.2, 0.25) is 0 Å². The average Bonchev–Trinajstić information content (AvgIpc) is 2.38. The van der Waals surface area contributed by atoms with Crippen molar-refractivity contribution in [2.24, 2.45) is 0 Å². The van der Waals surface area contributed by atoms with E-state index in [-0.39, 0.29) is 0 Å². The van der Waals surface area contributed by atoms with E-state index in [1.54, 1.807) is 14.2 Å². The van der Waals surface area contributed by atoms with Gasteiger partial charge >= 0.3 is 5.97 Å². The van der Waals surface area contributed by atoms with Crippen molar-refractivity contribution in [1.29, 1.82) is 0 Å². The van der Waals surface area contributed by atoms with Gasteiger partial charge in [-0.05, 0) is 12.1 Å². The van der Waals surface area contributed by atoms with Crippen LogP contribution < -0.4 is 9.47 Å². The molecule has 16 heavy (non-hydrogen) atoms. The van der Waals surface area contributed by atoms with Gasteiger partial charge in [0, 0.05) is 6.08 Å². The third-order valence-corrected chi connectivity index (χ3v) is 1.66. The first-order valence-corrected chi connectivity index (χ1v) is 4.57. The van der Waals surface area contributed by atoms with Crippen LogP contribution in [0.5, 0.6) is 11.5 Å². The van der Waals surface area contributed by atoms with Crippen LogP contribution in [-0.2, 0) is 9.53 Å². The summed E-state index contributed by atoms with van der Waals surface area (Å²) in [6, 6.07) is 7.53. The number of ether oxygens (including phenoxy) is 3. The van der Waals surface area contributed by atoms with Crippen molar-refractivity contribution in [3.8, 4) is 11.5 Å². The van der Waals surface area contributed by atoms with E-state index in [0.29, 0.717) is 0 Å². The molecule has 4 heteroatoms. The Morgan fingerprint density at radius 3 is 1.75 bits per heavy atom. The molecule has 1 aromatic rings. The monoisotopic (exact) mass is 224 g/mol. The highest BCUT2D eigenvalue weighted by atomic mass is 16.5. The van der Waals surface area contributed by atoms with E-state index in [2.05, 4.69) is 11.3 Å². The highest BCUT2D eigenvalue weighted by Crippen LogP contribution is 2.24. The van der Waals surface area contributed by atoms with Crippen molar-refractivity contribution in [2.75, 3.05) is 21.3 Å². The van der Waals surface area contributed by atoms with Gasteiger partial charge in [0.05, 0.1) is 21.3 Å². The molecule has 0 atom stereocenters. The summed E-state index contributed by atoms with van der Waals surface area (Å²) in [6.07, 6.45) is 1.11. The molecule has 0 aromatic heterocycles. The largest absolute Gasteiger partial charge is 0.493 e. The van der Waals surface area contributed by atoms with E-state index in [1.165, 1.54) is 7.11 Å². The summed E-state index contributed by atoms with van der Waals surface area (Å²) >= 11 is 0. The number of benzene rings is 1. The smallest absolute Gasteiger partial charge is 0.329 e. The lowest BCUT2D eigenvalue weighted by Gasteiger charge is -2.04. The fraction of sp³-hybridized carbons (Fsp3) is 0.250. The van der Waals surface area contributed by atoms with Crippen LogP contribution in [0.25, 0.3) is 0 Å². The standard InChI is InChI=1S/C8H10O2.C4H6O2/c1-9-7-5-3-4-6-8(7)10-2;1-3-4(5)6-2/h3-6H,1-2H3;3H,1H2,2H3. The second kappa shape index (κ2) is 8.35. The number of methoxy groups -OCH3 is 3. The summed E-state index contributed by atoms with van der Waals surface area (Å²) in [6.45, 7) is 3.16. The number of esters is 1. The predicted molar refractivity (Wildman–Crippen MR) is 61.8 cm³/mol. The van der Waals surface area contributed by atoms with Crippen molar-refractivity contribution < 1.29 is 19.0 Å². The first-order chi connectivity index (χ1) is 7.69. The van der Waals surface area contributed by atoms with Gasteiger partial charge in [-0.3, -0.25) is 0 Å². The molecule has 88 valence electrons. The summed E-state index contributed by atoms with van der Waals surface area (Å²) in [7, 11) is 4.56. The molecule has 0 bridgehead atoms. The van der Waals surface area contributed by atoms with Gasteiger partial charge in [0.1, 0.15) is 0 Å². The highest BCUT2D eigenvalue weighted by Gasteiger charge is 1.97. The van der Waals surface area contributed by atoms with E-state index in [4.69, 9.17) is 9.47 Å². The van der Waals surface area contributed by atoms with E-state index in [0.717, 1.165) is 17.6 Å². The minimum atomic E-state index is -0.394. The summed E-state index contributed by atoms with van der Waals surface area (Å²) in [5.74, 6) is 1.14. The number of hydrogen-bond donors (Lipinski definition) is 0. The third kappa shape index (κ3) is 5.05. The third-order valence-electron chi connectivity index (χ3n) is 1.66. The van der Waals surface area contributed by atoms with Crippen LogP contribution in [0.2, 0.25) is 0 Å². The zero-order valence-corrected chi connectivity index (χ0v) is 9.73. The first kappa shape index (κ1) is 14.0. The number of carbonyl (C=O) groups excluding carboxylic acids is 1. The maximum absolute atomic E-state index is 9.84. The van der Waals surface area contributed by atoms with Gasteiger partial charge < -0.3 is 14.2 Å². The van der Waals surface area contributed by atoms with Crippen molar-refractivity contribution in [2.45, 2.75) is 0 Å². The van der Waals surface area contributed by atoms with Crippen LogP contribution in [0.1, 0.15) is 0 Å². The van der Waals surface area contributed by atoms with Gasteiger partial charge in [-0.15, -0.1) is 0 Å². The minimum Gasteiger partial charge on any atom is -0.493 e. The molecule has 0 spiro atoms. The summed E-state index contributed by atoms with van der Waals surface area (Å²) < 4.78 is 14.2. The lowest BCUT2D eigenvalue weighted by molar-refractivity contribution is -0.134. The summed E-state index contributed by atoms with van der Waals surface area (Å²) in [5.41, 5.74) is 0. The van der Waals surface area contributed by atoms with Crippen LogP contribution in [-0.4, -0.2) is 27.3 Å². The first-order valence-electron chi connectivity index (χ1n) is 4.57. The van der Waals surface area contributed by atoms with Gasteiger partial charge in [-0.1, -0.05) is 18.7 Å². The molecular formula is C12H16O4. The van der Waals surface area contributed by atoms with Gasteiger partial charge in [0.15, 0.2) is 11.5 Å². The van der Waals surface area contributed by atoms with Crippen molar-refractivity contribution >= 4 is 5.97 Å². The van der Waals surface area contributed by atoms with Gasteiger partial charge in [-0.2, -0.15) is 0 Å². The van der Waals surface area contributed by atoms with Crippen molar-refractivity contribution in [1.82, 2.24) is 0 Å². The zero-order valence-electron chi connectivity index (χ0n) is 9.73. The van der Waals surface area contributed by atoms with E-state index in [9.17, 15) is 4.79 Å². The fourth-order valence-corrected chi connectivity index (χ4v) is 0.871. The molecule has 1 rings (SSSR count). The molecule has 0 aliphatic rings. The Morgan fingerprint density at radius 2 is 1.56 bits per heavy atom. The number of rotatable bonds is 3. The van der Waals surface area contributed by atoms with Crippen molar-refractivity contribution in [3.63, 3.8) is 0 Å². The summed E-state index contributed by atoms with van der Waals surface area (Å²) in [5, 5.41) is 0. The molecule has 1 aromatic carbocycles. The molecule has 0 saturated heterocycles. The topological polar surface area (TPSA) is 44.8 Å². The SMILES string of the molecule is C=CC(=O)OC.COc1ccccc1OC. The second-order valence-electron chi connectivity index (χ2n) is 2.58. The van der Waals surface area contributed by atoms with Crippen molar-refractivity contribution in [3.05, 3.63) is 36.9 Å². The molecular weight excluding hydrogens is 208 g/mol. The molecule has 0 radical (unpaired) electrons. The maximum Gasteiger partial charge on any atom is 0.329 e. The number of carbonyl (C=O) groups is 1. The molecule has 0 amide bonds. The molecule has 0 saturated carbocycles. The number of para-hydroxylation sites is 2. The van der Waals surface area contributed by atoms with E-state index < -0.39 is 5.97 Å². The maximum atomic E-state index is 9.84. The molecule has 0 heterocycles. The molecule has 4 nitrogen and oxygen atoms in total.